The van der Waals surface area contributed by atoms with E-state index < -0.39 is 0 Å². The van der Waals surface area contributed by atoms with Crippen LogP contribution in [0.15, 0.2) is 30.5 Å². The zero-order chi connectivity index (χ0) is 13.8. The van der Waals surface area contributed by atoms with Gasteiger partial charge in [-0.1, -0.05) is 12.1 Å². The van der Waals surface area contributed by atoms with Crippen LogP contribution in [0.1, 0.15) is 25.6 Å². The van der Waals surface area contributed by atoms with Gasteiger partial charge in [-0.2, -0.15) is 0 Å². The van der Waals surface area contributed by atoms with Crippen molar-refractivity contribution in [3.05, 3.63) is 36.3 Å². The lowest BCUT2D eigenvalue weighted by Gasteiger charge is -2.08. The second-order valence-corrected chi connectivity index (χ2v) is 5.25. The van der Waals surface area contributed by atoms with Gasteiger partial charge in [0.2, 0.25) is 0 Å². The molecule has 0 saturated heterocycles. The van der Waals surface area contributed by atoms with Crippen LogP contribution < -0.4 is 10.1 Å². The molecule has 0 unspecified atom stereocenters. The standard InChI is InChI=1S/C16H21N3O/c1-2-20-15-6-4-3-5-13(15)14-10-18-16(19-14)11-17-9-12-7-8-12/h3-6,10,12,17H,2,7-9,11H2,1H3,(H,18,19). The Bertz CT molecular complexity index is 560. The summed E-state index contributed by atoms with van der Waals surface area (Å²) in [5.41, 5.74) is 2.08. The number of H-pyrrole nitrogens is 1. The van der Waals surface area contributed by atoms with Crippen molar-refractivity contribution in [2.75, 3.05) is 13.2 Å². The molecule has 0 aliphatic heterocycles. The zero-order valence-corrected chi connectivity index (χ0v) is 11.9. The number of aromatic amines is 1. The molecular formula is C16H21N3O. The van der Waals surface area contributed by atoms with Crippen LogP contribution in [0.25, 0.3) is 11.3 Å². The van der Waals surface area contributed by atoms with Gasteiger partial charge in [0.25, 0.3) is 0 Å². The van der Waals surface area contributed by atoms with E-state index in [1.165, 1.54) is 12.8 Å². The first-order valence-corrected chi connectivity index (χ1v) is 7.33. The number of para-hydroxylation sites is 1. The average molecular weight is 271 g/mol. The van der Waals surface area contributed by atoms with Crippen LogP contribution in [-0.4, -0.2) is 23.1 Å². The van der Waals surface area contributed by atoms with Crippen LogP contribution in [0.2, 0.25) is 0 Å². The molecule has 2 N–H and O–H groups in total. The molecule has 1 aromatic heterocycles. The monoisotopic (exact) mass is 271 g/mol. The number of nitrogens with zero attached hydrogens (tertiary/aromatic N) is 1. The van der Waals surface area contributed by atoms with Crippen molar-refractivity contribution in [3.8, 4) is 17.0 Å². The highest BCUT2D eigenvalue weighted by molar-refractivity contribution is 5.66. The van der Waals surface area contributed by atoms with Gasteiger partial charge in [-0.15, -0.1) is 0 Å². The molecule has 4 heteroatoms. The molecule has 4 nitrogen and oxygen atoms in total. The fourth-order valence-corrected chi connectivity index (χ4v) is 2.28. The first-order chi connectivity index (χ1) is 9.86. The molecule has 0 bridgehead atoms. The van der Waals surface area contributed by atoms with E-state index in [2.05, 4.69) is 21.4 Å². The van der Waals surface area contributed by atoms with Crippen molar-refractivity contribution in [1.82, 2.24) is 15.3 Å². The minimum Gasteiger partial charge on any atom is -0.493 e. The average Bonchev–Trinajstić information content (AvgIpc) is 3.17. The predicted octanol–water partition coefficient (Wildman–Crippen LogP) is 2.98. The Hall–Kier alpha value is -1.81. The molecule has 1 aliphatic carbocycles. The van der Waals surface area contributed by atoms with Gasteiger partial charge in [-0.05, 0) is 44.4 Å². The van der Waals surface area contributed by atoms with Crippen LogP contribution >= 0.6 is 0 Å². The molecule has 1 aromatic carbocycles. The molecule has 1 aliphatic rings. The quantitative estimate of drug-likeness (QED) is 0.814. The number of rotatable bonds is 7. The third-order valence-corrected chi connectivity index (χ3v) is 3.53. The number of hydrogen-bond acceptors (Lipinski definition) is 3. The summed E-state index contributed by atoms with van der Waals surface area (Å²) in [6.45, 7) is 4.57. The molecule has 20 heavy (non-hydrogen) atoms. The summed E-state index contributed by atoms with van der Waals surface area (Å²) >= 11 is 0. The molecule has 106 valence electrons. The number of imidazole rings is 1. The van der Waals surface area contributed by atoms with Crippen LogP contribution in [-0.2, 0) is 6.54 Å². The third kappa shape index (κ3) is 3.20. The molecule has 2 aromatic rings. The smallest absolute Gasteiger partial charge is 0.128 e. The second-order valence-electron chi connectivity index (χ2n) is 5.25. The van der Waals surface area contributed by atoms with E-state index in [0.717, 1.165) is 41.8 Å². The Morgan fingerprint density at radius 1 is 1.35 bits per heavy atom. The lowest BCUT2D eigenvalue weighted by Crippen LogP contribution is -2.16. The van der Waals surface area contributed by atoms with Gasteiger partial charge in [0.05, 0.1) is 25.0 Å². The predicted molar refractivity (Wildman–Crippen MR) is 79.6 cm³/mol. The number of benzene rings is 1. The lowest BCUT2D eigenvalue weighted by atomic mass is 10.1. The van der Waals surface area contributed by atoms with Crippen molar-refractivity contribution < 1.29 is 4.74 Å². The molecule has 0 atom stereocenters. The fraction of sp³-hybridized carbons (Fsp3) is 0.438. The van der Waals surface area contributed by atoms with Gasteiger partial charge in [-0.25, -0.2) is 4.98 Å². The van der Waals surface area contributed by atoms with E-state index in [1.54, 1.807) is 0 Å². The molecule has 0 amide bonds. The minimum absolute atomic E-state index is 0.668. The van der Waals surface area contributed by atoms with Gasteiger partial charge >= 0.3 is 0 Å². The lowest BCUT2D eigenvalue weighted by molar-refractivity contribution is 0.341. The molecule has 1 saturated carbocycles. The van der Waals surface area contributed by atoms with E-state index >= 15 is 0 Å². The number of ether oxygens (including phenoxy) is 1. The highest BCUT2D eigenvalue weighted by atomic mass is 16.5. The van der Waals surface area contributed by atoms with E-state index in [0.29, 0.717) is 6.61 Å². The summed E-state index contributed by atoms with van der Waals surface area (Å²) < 4.78 is 5.66. The maximum Gasteiger partial charge on any atom is 0.128 e. The van der Waals surface area contributed by atoms with E-state index in [-0.39, 0.29) is 0 Å². The van der Waals surface area contributed by atoms with E-state index in [4.69, 9.17) is 4.74 Å². The maximum absolute atomic E-state index is 5.66. The van der Waals surface area contributed by atoms with Gasteiger partial charge < -0.3 is 15.0 Å². The van der Waals surface area contributed by atoms with Gasteiger partial charge in [0, 0.05) is 5.56 Å². The first kappa shape index (κ1) is 13.2. The molecule has 3 rings (SSSR count). The highest BCUT2D eigenvalue weighted by Crippen LogP contribution is 2.29. The Kier molecular flexibility index (Phi) is 4.02. The Morgan fingerprint density at radius 2 is 2.20 bits per heavy atom. The van der Waals surface area contributed by atoms with Crippen molar-refractivity contribution in [2.45, 2.75) is 26.3 Å². The fourth-order valence-electron chi connectivity index (χ4n) is 2.28. The van der Waals surface area contributed by atoms with Gasteiger partial charge in [0.1, 0.15) is 11.6 Å². The van der Waals surface area contributed by atoms with E-state index in [9.17, 15) is 0 Å². The SMILES string of the molecule is CCOc1ccccc1-c1cnc(CNCC2CC2)[nH]1. The van der Waals surface area contributed by atoms with Crippen molar-refractivity contribution in [3.63, 3.8) is 0 Å². The summed E-state index contributed by atoms with van der Waals surface area (Å²) in [5.74, 6) is 2.77. The summed E-state index contributed by atoms with van der Waals surface area (Å²) in [6.07, 6.45) is 4.63. The second kappa shape index (κ2) is 6.09. The van der Waals surface area contributed by atoms with Crippen molar-refractivity contribution in [1.29, 1.82) is 0 Å². The van der Waals surface area contributed by atoms with Gasteiger partial charge in [-0.3, -0.25) is 0 Å². The molecule has 0 spiro atoms. The molecule has 1 heterocycles. The Balaban J connectivity index is 1.68. The first-order valence-electron chi connectivity index (χ1n) is 7.33. The van der Waals surface area contributed by atoms with Crippen molar-refractivity contribution >= 4 is 0 Å². The van der Waals surface area contributed by atoms with Crippen LogP contribution in [0, 0.1) is 5.92 Å². The zero-order valence-electron chi connectivity index (χ0n) is 11.9. The number of nitrogens with one attached hydrogen (secondary N) is 2. The highest BCUT2D eigenvalue weighted by Gasteiger charge is 2.20. The number of hydrogen-bond donors (Lipinski definition) is 2. The molecule has 1 fully saturated rings. The Morgan fingerprint density at radius 3 is 3.00 bits per heavy atom. The van der Waals surface area contributed by atoms with Crippen molar-refractivity contribution in [2.24, 2.45) is 5.92 Å². The van der Waals surface area contributed by atoms with Crippen LogP contribution in [0.3, 0.4) is 0 Å². The van der Waals surface area contributed by atoms with E-state index in [1.807, 2.05) is 31.3 Å². The maximum atomic E-state index is 5.66. The Labute approximate surface area is 119 Å². The van der Waals surface area contributed by atoms with Crippen LogP contribution in [0.5, 0.6) is 5.75 Å². The van der Waals surface area contributed by atoms with Crippen LogP contribution in [0.4, 0.5) is 0 Å². The molecule has 0 radical (unpaired) electrons. The number of aromatic nitrogens is 2. The van der Waals surface area contributed by atoms with Gasteiger partial charge in [0.15, 0.2) is 0 Å². The largest absolute Gasteiger partial charge is 0.493 e. The molecular weight excluding hydrogens is 250 g/mol. The summed E-state index contributed by atoms with van der Waals surface area (Å²) in [6, 6.07) is 8.05. The minimum atomic E-state index is 0.668. The summed E-state index contributed by atoms with van der Waals surface area (Å²) in [5, 5.41) is 3.44. The normalized spacial score (nSPS) is 14.4. The topological polar surface area (TPSA) is 49.9 Å². The summed E-state index contributed by atoms with van der Waals surface area (Å²) in [7, 11) is 0. The third-order valence-electron chi connectivity index (χ3n) is 3.53. The summed E-state index contributed by atoms with van der Waals surface area (Å²) in [4.78, 5) is 7.81.